The van der Waals surface area contributed by atoms with Gasteiger partial charge in [0.05, 0.1) is 11.4 Å². The molecule has 0 aromatic rings. The predicted molar refractivity (Wildman–Crippen MR) is 57.5 cm³/mol. The number of rotatable bonds is 2. The lowest BCUT2D eigenvalue weighted by atomic mass is 11.9. The molecule has 108 valence electrons. The molecule has 0 spiro atoms. The first-order valence-corrected chi connectivity index (χ1v) is 9.60. The van der Waals surface area contributed by atoms with Gasteiger partial charge in [-0.25, -0.2) is 12.6 Å². The summed E-state index contributed by atoms with van der Waals surface area (Å²) >= 11 is -2.86. The third-order valence-corrected chi connectivity index (χ3v) is 3.41. The van der Waals surface area contributed by atoms with Crippen molar-refractivity contribution in [1.82, 2.24) is 0 Å². The molecule has 0 aromatic carbocycles. The van der Waals surface area contributed by atoms with Gasteiger partial charge in [0.15, 0.2) is 5.08 Å². The van der Waals surface area contributed by atoms with E-state index in [1.165, 1.54) is 0 Å². The van der Waals surface area contributed by atoms with Crippen LogP contribution in [-0.4, -0.2) is 48.5 Å². The summed E-state index contributed by atoms with van der Waals surface area (Å²) < 4.78 is 88.7. The van der Waals surface area contributed by atoms with Gasteiger partial charge in [0, 0.05) is 21.0 Å². The Kier molecular flexibility index (Phi) is 14.1. The van der Waals surface area contributed by atoms with Crippen LogP contribution in [-0.2, 0) is 40.8 Å². The maximum atomic E-state index is 9.87. The normalized spacial score (nSPS) is 14.5. The number of hydrogen-bond donors (Lipinski definition) is 2. The summed E-state index contributed by atoms with van der Waals surface area (Å²) in [6.07, 6.45) is 0. The van der Waals surface area contributed by atoms with Crippen molar-refractivity contribution >= 4 is 62.2 Å². The monoisotopic (exact) mass is 374 g/mol. The quantitative estimate of drug-likeness (QED) is 0.335. The first-order valence-electron chi connectivity index (χ1n) is 2.58. The minimum atomic E-state index is -4.50. The summed E-state index contributed by atoms with van der Waals surface area (Å²) in [5.74, 6) is 0. The van der Waals surface area contributed by atoms with Gasteiger partial charge in [0.2, 0.25) is 9.05 Å². The van der Waals surface area contributed by atoms with Crippen LogP contribution in [0.4, 0.5) is 0 Å². The fourth-order valence-corrected chi connectivity index (χ4v) is 2.61. The van der Waals surface area contributed by atoms with Crippen molar-refractivity contribution in [2.24, 2.45) is 0 Å². The summed E-state index contributed by atoms with van der Waals surface area (Å²) in [5.41, 5.74) is 0. The van der Waals surface area contributed by atoms with Crippen molar-refractivity contribution in [1.29, 1.82) is 0 Å². The molecule has 0 saturated heterocycles. The minimum absolute atomic E-state index is 1.44. The minimum Gasteiger partial charge on any atom is -0.760 e. The molecule has 0 aliphatic heterocycles. The van der Waals surface area contributed by atoms with Gasteiger partial charge in [-0.3, -0.25) is 8.76 Å². The van der Waals surface area contributed by atoms with Crippen LogP contribution in [0.25, 0.3) is 0 Å². The highest BCUT2D eigenvalue weighted by Crippen LogP contribution is 1.99. The van der Waals surface area contributed by atoms with Crippen LogP contribution >= 0.6 is 21.4 Å². The van der Waals surface area contributed by atoms with Crippen LogP contribution < -0.4 is 0 Å². The third-order valence-electron chi connectivity index (χ3n) is 0.290. The molecule has 17 heavy (non-hydrogen) atoms. The Morgan fingerprint density at radius 1 is 1.12 bits per heavy atom. The largest absolute Gasteiger partial charge is 0.760 e. The van der Waals surface area contributed by atoms with Gasteiger partial charge >= 0.3 is 0 Å². The molecule has 0 fully saturated rings. The van der Waals surface area contributed by atoms with E-state index in [9.17, 15) is 16.8 Å². The third kappa shape index (κ3) is 81.1. The molecular formula is CH4Cl2O10S4-2. The highest BCUT2D eigenvalue weighted by Gasteiger charge is 2.15. The lowest BCUT2D eigenvalue weighted by Gasteiger charge is -1.88. The van der Waals surface area contributed by atoms with Crippen molar-refractivity contribution in [3.05, 3.63) is 0 Å². The molecule has 2 atom stereocenters. The summed E-state index contributed by atoms with van der Waals surface area (Å²) in [7, 11) is -2.40. The zero-order valence-corrected chi connectivity index (χ0v) is 12.0. The Balaban J connectivity index is -0.000000205. The highest BCUT2D eigenvalue weighted by atomic mass is 35.7. The lowest BCUT2D eigenvalue weighted by Crippen LogP contribution is -2.09. The van der Waals surface area contributed by atoms with Crippen molar-refractivity contribution in [2.75, 3.05) is 5.08 Å². The predicted octanol–water partition coefficient (Wildman–Crippen LogP) is -1.24. The first kappa shape index (κ1) is 22.8. The molecule has 0 aliphatic carbocycles. The van der Waals surface area contributed by atoms with E-state index in [0.29, 0.717) is 0 Å². The Labute approximate surface area is 110 Å². The standard InChI is InChI=1S/CH3ClO5S2.ClHO2S.H2O3S/c2-8(3,4)1-9(5,6)7;2*1-4(2)3/h1H2,(H,5,6,7);(H,2,3);(H2,1,2,3)/p-2. The number of halogens is 2. The van der Waals surface area contributed by atoms with Crippen molar-refractivity contribution in [3.63, 3.8) is 0 Å². The topological polar surface area (TPSA) is 189 Å². The zero-order chi connectivity index (χ0) is 14.9. The smallest absolute Gasteiger partial charge is 0.280 e. The Morgan fingerprint density at radius 3 is 1.29 bits per heavy atom. The Hall–Kier alpha value is 0.620. The van der Waals surface area contributed by atoms with Crippen molar-refractivity contribution in [2.45, 2.75) is 0 Å². The molecule has 0 heterocycles. The van der Waals surface area contributed by atoms with Gasteiger partial charge in [0.25, 0.3) is 10.1 Å². The molecule has 0 aromatic heterocycles. The van der Waals surface area contributed by atoms with Crippen LogP contribution in [0.3, 0.4) is 0 Å². The SMILES string of the molecule is O=S(=O)(O)CS(=O)(=O)Cl.O=S([O-])Cl.O=S([O-])O. The second-order valence-corrected chi connectivity index (χ2v) is 7.82. The van der Waals surface area contributed by atoms with E-state index in [1.54, 1.807) is 0 Å². The summed E-state index contributed by atoms with van der Waals surface area (Å²) in [5, 5.41) is -1.44. The molecule has 10 nitrogen and oxygen atoms in total. The second kappa shape index (κ2) is 10.5. The van der Waals surface area contributed by atoms with E-state index in [1.807, 2.05) is 0 Å². The fourth-order valence-electron chi connectivity index (χ4n) is 0.178. The summed E-state index contributed by atoms with van der Waals surface area (Å²) in [6, 6.07) is 0. The van der Waals surface area contributed by atoms with Gasteiger partial charge in [-0.15, -0.1) is 0 Å². The maximum Gasteiger partial charge on any atom is 0.280 e. The molecular weight excluding hydrogens is 371 g/mol. The van der Waals surface area contributed by atoms with E-state index in [2.05, 4.69) is 21.4 Å². The van der Waals surface area contributed by atoms with Crippen LogP contribution in [0, 0.1) is 0 Å². The molecule has 0 radical (unpaired) electrons. The zero-order valence-electron chi connectivity index (χ0n) is 7.26. The van der Waals surface area contributed by atoms with E-state index >= 15 is 0 Å². The molecule has 0 rings (SSSR count). The Morgan fingerprint density at radius 2 is 1.29 bits per heavy atom. The van der Waals surface area contributed by atoms with Crippen LogP contribution in [0.15, 0.2) is 0 Å². The molecule has 0 bridgehead atoms. The van der Waals surface area contributed by atoms with Gasteiger partial charge in [0.1, 0.15) is 0 Å². The average Bonchev–Trinajstić information content (AvgIpc) is 1.70. The molecule has 2 unspecified atom stereocenters. The molecule has 0 aliphatic rings. The van der Waals surface area contributed by atoms with Gasteiger partial charge in [-0.1, -0.05) is 0 Å². The van der Waals surface area contributed by atoms with Gasteiger partial charge < -0.3 is 13.7 Å². The fraction of sp³-hybridized carbons (Fsp3) is 1.00. The molecule has 16 heteroatoms. The maximum absolute atomic E-state index is 9.87. The number of hydrogen-bond acceptors (Lipinski definition) is 8. The van der Waals surface area contributed by atoms with E-state index in [0.717, 1.165) is 0 Å². The van der Waals surface area contributed by atoms with Crippen LogP contribution in [0.5, 0.6) is 0 Å². The lowest BCUT2D eigenvalue weighted by molar-refractivity contribution is 0.436. The van der Waals surface area contributed by atoms with Crippen LogP contribution in [0.2, 0.25) is 0 Å². The molecule has 0 saturated carbocycles. The molecule has 2 N–H and O–H groups in total. The highest BCUT2D eigenvalue weighted by molar-refractivity contribution is 8.20. The first-order chi connectivity index (χ1) is 7.17. The van der Waals surface area contributed by atoms with E-state index in [4.69, 9.17) is 26.6 Å². The van der Waals surface area contributed by atoms with Gasteiger partial charge in [-0.2, -0.15) is 8.42 Å². The average molecular weight is 375 g/mol. The van der Waals surface area contributed by atoms with Crippen molar-refractivity contribution in [3.8, 4) is 0 Å². The van der Waals surface area contributed by atoms with Crippen molar-refractivity contribution < 1.29 is 43.5 Å². The second-order valence-electron chi connectivity index (χ2n) is 1.65. The van der Waals surface area contributed by atoms with Gasteiger partial charge in [-0.05, 0) is 10.7 Å². The van der Waals surface area contributed by atoms with E-state index < -0.39 is 45.9 Å². The summed E-state index contributed by atoms with van der Waals surface area (Å²) in [6.45, 7) is 0. The van der Waals surface area contributed by atoms with Crippen LogP contribution in [0.1, 0.15) is 0 Å². The molecule has 0 amide bonds. The van der Waals surface area contributed by atoms with E-state index in [-0.39, 0.29) is 0 Å². The Bertz CT molecular complexity index is 383. The summed E-state index contributed by atoms with van der Waals surface area (Å²) in [4.78, 5) is 0.